The molecule has 0 aromatic heterocycles. The second kappa shape index (κ2) is 7.68. The number of methoxy groups -OCH3 is 2. The van der Waals surface area contributed by atoms with E-state index in [0.29, 0.717) is 12.5 Å². The minimum Gasteiger partial charge on any atom is -0.493 e. The summed E-state index contributed by atoms with van der Waals surface area (Å²) in [6.07, 6.45) is 4.65. The van der Waals surface area contributed by atoms with Gasteiger partial charge < -0.3 is 24.4 Å². The van der Waals surface area contributed by atoms with Crippen LogP contribution in [0.3, 0.4) is 0 Å². The van der Waals surface area contributed by atoms with Crippen LogP contribution in [-0.2, 0) is 21.6 Å². The molecule has 0 saturated carbocycles. The van der Waals surface area contributed by atoms with Gasteiger partial charge in [-0.1, -0.05) is 0 Å². The lowest BCUT2D eigenvalue weighted by Crippen LogP contribution is -2.51. The average molecular weight is 374 g/mol. The van der Waals surface area contributed by atoms with Crippen LogP contribution in [0.15, 0.2) is 12.1 Å². The largest absolute Gasteiger partial charge is 0.493 e. The molecule has 148 valence electrons. The van der Waals surface area contributed by atoms with Crippen LogP contribution in [0.25, 0.3) is 0 Å². The van der Waals surface area contributed by atoms with E-state index in [9.17, 15) is 4.79 Å². The fourth-order valence-electron chi connectivity index (χ4n) is 4.81. The molecule has 1 aromatic carbocycles. The normalized spacial score (nSPS) is 24.4. The zero-order valence-corrected chi connectivity index (χ0v) is 16.4. The summed E-state index contributed by atoms with van der Waals surface area (Å²) in [6, 6.07) is 4.17. The Kier molecular flexibility index (Phi) is 5.28. The molecule has 1 amide bonds. The highest BCUT2D eigenvalue weighted by Crippen LogP contribution is 2.45. The molecular formula is C21H30N2O4. The Morgan fingerprint density at radius 3 is 2.63 bits per heavy atom. The van der Waals surface area contributed by atoms with Crippen LogP contribution in [0.5, 0.6) is 11.5 Å². The van der Waals surface area contributed by atoms with Gasteiger partial charge in [0.05, 0.1) is 32.3 Å². The molecule has 3 aliphatic heterocycles. The van der Waals surface area contributed by atoms with E-state index < -0.39 is 0 Å². The second-order valence-electron chi connectivity index (χ2n) is 7.83. The molecule has 0 bridgehead atoms. The van der Waals surface area contributed by atoms with E-state index >= 15 is 0 Å². The first-order chi connectivity index (χ1) is 13.2. The first-order valence-electron chi connectivity index (χ1n) is 10.1. The maximum atomic E-state index is 12.9. The fraction of sp³-hybridized carbons (Fsp3) is 0.667. The quantitative estimate of drug-likeness (QED) is 0.878. The summed E-state index contributed by atoms with van der Waals surface area (Å²) in [5.41, 5.74) is 2.17. The first-order valence-corrected chi connectivity index (χ1v) is 10.1. The predicted octanol–water partition coefficient (Wildman–Crippen LogP) is 2.09. The van der Waals surface area contributed by atoms with Gasteiger partial charge in [-0.15, -0.1) is 0 Å². The summed E-state index contributed by atoms with van der Waals surface area (Å²) in [7, 11) is 3.34. The monoisotopic (exact) mass is 374 g/mol. The van der Waals surface area contributed by atoms with E-state index in [2.05, 4.69) is 17.4 Å². The molecule has 1 atom stereocenters. The fourth-order valence-corrected chi connectivity index (χ4v) is 4.81. The van der Waals surface area contributed by atoms with Crippen molar-refractivity contribution < 1.29 is 19.0 Å². The van der Waals surface area contributed by atoms with E-state index in [1.54, 1.807) is 14.2 Å². The van der Waals surface area contributed by atoms with Gasteiger partial charge >= 0.3 is 0 Å². The molecule has 0 aliphatic carbocycles. The van der Waals surface area contributed by atoms with Crippen molar-refractivity contribution in [1.29, 1.82) is 0 Å². The highest BCUT2D eigenvalue weighted by Gasteiger charge is 2.43. The summed E-state index contributed by atoms with van der Waals surface area (Å²) in [5, 5.41) is 3.35. The third kappa shape index (κ3) is 3.41. The van der Waals surface area contributed by atoms with E-state index in [1.165, 1.54) is 11.1 Å². The van der Waals surface area contributed by atoms with Crippen molar-refractivity contribution in [2.24, 2.45) is 5.92 Å². The van der Waals surface area contributed by atoms with E-state index in [0.717, 1.165) is 69.8 Å². The average Bonchev–Trinajstić information content (AvgIpc) is 2.74. The van der Waals surface area contributed by atoms with Crippen molar-refractivity contribution in [1.82, 2.24) is 10.2 Å². The Morgan fingerprint density at radius 2 is 1.96 bits per heavy atom. The highest BCUT2D eigenvalue weighted by molar-refractivity contribution is 5.79. The Hall–Kier alpha value is -1.79. The first kappa shape index (κ1) is 18.6. The van der Waals surface area contributed by atoms with Crippen LogP contribution in [0.1, 0.15) is 36.8 Å². The molecular weight excluding hydrogens is 344 g/mol. The number of benzene rings is 1. The van der Waals surface area contributed by atoms with Crippen LogP contribution >= 0.6 is 0 Å². The van der Waals surface area contributed by atoms with Crippen LogP contribution in [0.2, 0.25) is 0 Å². The van der Waals surface area contributed by atoms with Gasteiger partial charge in [-0.25, -0.2) is 0 Å². The number of hydrogen-bond acceptors (Lipinski definition) is 5. The summed E-state index contributed by atoms with van der Waals surface area (Å²) < 4.78 is 17.3. The highest BCUT2D eigenvalue weighted by atomic mass is 16.5. The van der Waals surface area contributed by atoms with E-state index in [1.807, 2.05) is 4.90 Å². The molecule has 1 N–H and O–H groups in total. The van der Waals surface area contributed by atoms with Crippen molar-refractivity contribution >= 4 is 5.91 Å². The summed E-state index contributed by atoms with van der Waals surface area (Å²) in [6.45, 7) is 4.06. The van der Waals surface area contributed by atoms with Crippen molar-refractivity contribution in [3.05, 3.63) is 23.3 Å². The standard InChI is InChI=1S/C21H30N2O4/c1-25-18-12-15-5-11-27-21(17(15)13-19(18)26-2)6-9-23(10-7-21)20(24)16-4-3-8-22-14-16/h12-13,16,22H,3-11,14H2,1-2H3/t16-/m0/s1. The molecule has 0 radical (unpaired) electrons. The SMILES string of the molecule is COc1cc2c(cc1OC)C1(CCN(C(=O)[C@H]3CCCNC3)CC1)OCC2. The lowest BCUT2D eigenvalue weighted by atomic mass is 9.79. The Labute approximate surface area is 161 Å². The second-order valence-corrected chi connectivity index (χ2v) is 7.83. The number of hydrogen-bond donors (Lipinski definition) is 1. The summed E-state index contributed by atoms with van der Waals surface area (Å²) >= 11 is 0. The lowest BCUT2D eigenvalue weighted by Gasteiger charge is -2.46. The molecule has 6 heteroatoms. The van der Waals surface area contributed by atoms with Gasteiger partial charge in [-0.3, -0.25) is 4.79 Å². The molecule has 3 heterocycles. The zero-order chi connectivity index (χ0) is 18.9. The summed E-state index contributed by atoms with van der Waals surface area (Å²) in [5.74, 6) is 1.95. The molecule has 1 aromatic rings. The number of piperidine rings is 2. The van der Waals surface area contributed by atoms with Gasteiger partial charge in [0.1, 0.15) is 0 Å². The molecule has 6 nitrogen and oxygen atoms in total. The topological polar surface area (TPSA) is 60.0 Å². The number of likely N-dealkylation sites (tertiary alicyclic amines) is 1. The van der Waals surface area contributed by atoms with Gasteiger partial charge in [0, 0.05) is 19.6 Å². The van der Waals surface area contributed by atoms with Crippen molar-refractivity contribution in [3.63, 3.8) is 0 Å². The van der Waals surface area contributed by atoms with Crippen molar-refractivity contribution in [2.45, 2.75) is 37.7 Å². The van der Waals surface area contributed by atoms with Crippen molar-refractivity contribution in [3.8, 4) is 11.5 Å². The number of carbonyl (C=O) groups excluding carboxylic acids is 1. The maximum absolute atomic E-state index is 12.9. The van der Waals surface area contributed by atoms with Gasteiger partial charge in [0.15, 0.2) is 11.5 Å². The molecule has 2 fully saturated rings. The molecule has 27 heavy (non-hydrogen) atoms. The Balaban J connectivity index is 1.52. The minimum absolute atomic E-state index is 0.136. The predicted molar refractivity (Wildman–Crippen MR) is 102 cm³/mol. The third-order valence-electron chi connectivity index (χ3n) is 6.38. The zero-order valence-electron chi connectivity index (χ0n) is 16.4. The van der Waals surface area contributed by atoms with Crippen LogP contribution in [0, 0.1) is 5.92 Å². The van der Waals surface area contributed by atoms with E-state index in [-0.39, 0.29) is 11.5 Å². The molecule has 3 aliphatic rings. The van der Waals surface area contributed by atoms with Crippen LogP contribution < -0.4 is 14.8 Å². The number of fused-ring (bicyclic) bond motifs is 2. The number of nitrogens with one attached hydrogen (secondary N) is 1. The third-order valence-corrected chi connectivity index (χ3v) is 6.38. The maximum Gasteiger partial charge on any atom is 0.226 e. The summed E-state index contributed by atoms with van der Waals surface area (Å²) in [4.78, 5) is 14.9. The van der Waals surface area contributed by atoms with Gasteiger partial charge in [0.25, 0.3) is 0 Å². The van der Waals surface area contributed by atoms with Crippen LogP contribution in [0.4, 0.5) is 0 Å². The molecule has 2 saturated heterocycles. The van der Waals surface area contributed by atoms with Gasteiger partial charge in [0.2, 0.25) is 5.91 Å². The Morgan fingerprint density at radius 1 is 1.22 bits per heavy atom. The molecule has 1 spiro atoms. The number of nitrogens with zero attached hydrogens (tertiary/aromatic N) is 1. The number of rotatable bonds is 3. The van der Waals surface area contributed by atoms with Gasteiger partial charge in [-0.05, 0) is 61.9 Å². The lowest BCUT2D eigenvalue weighted by molar-refractivity contribution is -0.145. The van der Waals surface area contributed by atoms with E-state index in [4.69, 9.17) is 14.2 Å². The minimum atomic E-state index is -0.311. The smallest absolute Gasteiger partial charge is 0.226 e. The van der Waals surface area contributed by atoms with Crippen molar-refractivity contribution in [2.75, 3.05) is 47.0 Å². The Bertz CT molecular complexity index is 692. The number of amides is 1. The van der Waals surface area contributed by atoms with Gasteiger partial charge in [-0.2, -0.15) is 0 Å². The number of ether oxygens (including phenoxy) is 3. The van der Waals surface area contributed by atoms with Crippen LogP contribution in [-0.4, -0.2) is 57.8 Å². The molecule has 0 unspecified atom stereocenters. The number of carbonyl (C=O) groups is 1. The molecule has 4 rings (SSSR count).